The summed E-state index contributed by atoms with van der Waals surface area (Å²) >= 11 is 0. The van der Waals surface area contributed by atoms with Crippen molar-refractivity contribution in [2.75, 3.05) is 37.4 Å². The van der Waals surface area contributed by atoms with Crippen molar-refractivity contribution < 1.29 is 14.4 Å². The molecule has 2 aromatic rings. The van der Waals surface area contributed by atoms with E-state index in [0.717, 1.165) is 12.1 Å². The molecule has 0 spiro atoms. The number of carbonyl (C=O) groups excluding carboxylic acids is 3. The fourth-order valence-corrected chi connectivity index (χ4v) is 3.21. The maximum Gasteiger partial charge on any atom is 0.271 e. The van der Waals surface area contributed by atoms with E-state index in [1.807, 2.05) is 43.1 Å². The fraction of sp³-hybridized carbons (Fsp3) is 0.375. The Morgan fingerprint density at radius 3 is 2.56 bits per heavy atom. The van der Waals surface area contributed by atoms with Gasteiger partial charge in [0.05, 0.1) is 5.69 Å². The molecule has 4 N–H and O–H groups in total. The van der Waals surface area contributed by atoms with Crippen LogP contribution >= 0.6 is 0 Å². The van der Waals surface area contributed by atoms with Crippen molar-refractivity contribution in [1.82, 2.24) is 20.2 Å². The fourth-order valence-electron chi connectivity index (χ4n) is 3.21. The Labute approximate surface area is 200 Å². The van der Waals surface area contributed by atoms with Gasteiger partial charge in [-0.15, -0.1) is 0 Å². The minimum atomic E-state index is -0.670. The summed E-state index contributed by atoms with van der Waals surface area (Å²) in [5.74, 6) is -0.299. The highest BCUT2D eigenvalue weighted by molar-refractivity contribution is 5.96. The quantitative estimate of drug-likeness (QED) is 0.429. The largest absolute Gasteiger partial charge is 0.364 e. The molecule has 1 atom stereocenters. The van der Waals surface area contributed by atoms with Crippen molar-refractivity contribution in [3.8, 4) is 0 Å². The van der Waals surface area contributed by atoms with Crippen LogP contribution in [-0.2, 0) is 16.0 Å². The number of nitrogens with one attached hydrogen (secondary N) is 2. The molecule has 34 heavy (non-hydrogen) atoms. The number of carbonyl (C=O) groups is 3. The van der Waals surface area contributed by atoms with Gasteiger partial charge in [-0.25, -0.2) is 9.97 Å². The van der Waals surface area contributed by atoms with Gasteiger partial charge in [0.1, 0.15) is 6.04 Å². The van der Waals surface area contributed by atoms with Crippen LogP contribution < -0.4 is 21.3 Å². The van der Waals surface area contributed by atoms with Crippen LogP contribution in [0.2, 0.25) is 0 Å². The minimum absolute atomic E-state index is 0.0654. The summed E-state index contributed by atoms with van der Waals surface area (Å²) < 4.78 is 0. The molecule has 10 nitrogen and oxygen atoms in total. The molecule has 0 fully saturated rings. The predicted octanol–water partition coefficient (Wildman–Crippen LogP) is 1.78. The number of nitrogens with two attached hydrogens (primary N) is 1. The molecule has 0 saturated carbocycles. The number of benzene rings is 1. The molecule has 0 aliphatic heterocycles. The van der Waals surface area contributed by atoms with Crippen molar-refractivity contribution in [3.05, 3.63) is 53.9 Å². The lowest BCUT2D eigenvalue weighted by atomic mass is 10.1. The van der Waals surface area contributed by atoms with E-state index in [1.165, 1.54) is 11.0 Å². The molecule has 0 aliphatic carbocycles. The molecule has 10 heteroatoms. The van der Waals surface area contributed by atoms with Crippen molar-refractivity contribution in [3.63, 3.8) is 0 Å². The Bertz CT molecular complexity index is 1070. The van der Waals surface area contributed by atoms with Gasteiger partial charge < -0.3 is 26.2 Å². The Hall–Kier alpha value is -3.95. The number of rotatable bonds is 11. The molecule has 0 bridgehead atoms. The Morgan fingerprint density at radius 2 is 1.94 bits per heavy atom. The summed E-state index contributed by atoms with van der Waals surface area (Å²) in [6.07, 6.45) is 1.74. The molecule has 1 aromatic heterocycles. The van der Waals surface area contributed by atoms with Crippen molar-refractivity contribution in [2.24, 2.45) is 5.73 Å². The second-order valence-corrected chi connectivity index (χ2v) is 7.90. The molecule has 0 saturated heterocycles. The number of anilines is 3. The average Bonchev–Trinajstić information content (AvgIpc) is 2.82. The molecule has 1 heterocycles. The first-order valence-electron chi connectivity index (χ1n) is 11.0. The lowest BCUT2D eigenvalue weighted by molar-refractivity contribution is -0.135. The summed E-state index contributed by atoms with van der Waals surface area (Å²) in [5, 5.41) is 5.99. The van der Waals surface area contributed by atoms with Crippen LogP contribution in [0.4, 0.5) is 17.3 Å². The van der Waals surface area contributed by atoms with E-state index in [0.29, 0.717) is 30.2 Å². The summed E-state index contributed by atoms with van der Waals surface area (Å²) in [4.78, 5) is 48.2. The van der Waals surface area contributed by atoms with Crippen molar-refractivity contribution in [2.45, 2.75) is 33.2 Å². The van der Waals surface area contributed by atoms with E-state index in [4.69, 9.17) is 5.73 Å². The van der Waals surface area contributed by atoms with Gasteiger partial charge in [0.15, 0.2) is 17.3 Å². The van der Waals surface area contributed by atoms with E-state index in [9.17, 15) is 14.4 Å². The molecule has 182 valence electrons. The van der Waals surface area contributed by atoms with Gasteiger partial charge in [-0.3, -0.25) is 14.4 Å². The van der Waals surface area contributed by atoms with Gasteiger partial charge in [0, 0.05) is 32.9 Å². The highest BCUT2D eigenvalue weighted by atomic mass is 16.2. The third-order valence-electron chi connectivity index (χ3n) is 5.50. The maximum absolute atomic E-state index is 12.3. The van der Waals surface area contributed by atoms with E-state index >= 15 is 0 Å². The number of likely N-dealkylation sites (N-methyl/N-ethyl adjacent to an activating group) is 1. The standard InChI is InChI=1S/C24H33N7O3/c1-7-19(32)31(6)16(4)24(34)26-13-12-17-10-9-11-18(14-17)28-22-20(21(25)33)27-15(3)23(29-22)30(5)8-2/h7,9-11,14,16H,1,8,12-13H2,2-6H3,(H2,25,33)(H,26,34)(H,28,29). The van der Waals surface area contributed by atoms with E-state index in [2.05, 4.69) is 27.2 Å². The predicted molar refractivity (Wildman–Crippen MR) is 133 cm³/mol. The lowest BCUT2D eigenvalue weighted by Gasteiger charge is -2.22. The number of nitrogens with zero attached hydrogens (tertiary/aromatic N) is 4. The molecule has 0 aliphatic rings. The van der Waals surface area contributed by atoms with Crippen molar-refractivity contribution in [1.29, 1.82) is 0 Å². The first-order valence-corrected chi connectivity index (χ1v) is 11.0. The third-order valence-corrected chi connectivity index (χ3v) is 5.50. The summed E-state index contributed by atoms with van der Waals surface area (Å²) in [6.45, 7) is 9.99. The SMILES string of the molecule is C=CC(=O)N(C)C(C)C(=O)NCCc1cccc(Nc2nc(N(C)CC)c(C)nc2C(N)=O)c1. The normalized spacial score (nSPS) is 11.3. The highest BCUT2D eigenvalue weighted by Crippen LogP contribution is 2.24. The highest BCUT2D eigenvalue weighted by Gasteiger charge is 2.20. The van der Waals surface area contributed by atoms with Gasteiger partial charge in [-0.1, -0.05) is 18.7 Å². The van der Waals surface area contributed by atoms with Gasteiger partial charge in [-0.05, 0) is 51.0 Å². The van der Waals surface area contributed by atoms with E-state index < -0.39 is 11.9 Å². The number of hydrogen-bond acceptors (Lipinski definition) is 7. The van der Waals surface area contributed by atoms with Crippen molar-refractivity contribution >= 4 is 35.0 Å². The molecule has 0 radical (unpaired) electrons. The first kappa shape index (κ1) is 26.3. The van der Waals surface area contributed by atoms with Gasteiger partial charge in [0.2, 0.25) is 11.8 Å². The molecule has 1 unspecified atom stereocenters. The summed E-state index contributed by atoms with van der Waals surface area (Å²) in [6, 6.07) is 6.93. The first-order chi connectivity index (χ1) is 16.1. The van der Waals surface area contributed by atoms with Gasteiger partial charge >= 0.3 is 0 Å². The number of aromatic nitrogens is 2. The zero-order valence-electron chi connectivity index (χ0n) is 20.4. The van der Waals surface area contributed by atoms with Crippen LogP contribution in [0, 0.1) is 6.92 Å². The van der Waals surface area contributed by atoms with E-state index in [-0.39, 0.29) is 23.3 Å². The summed E-state index contributed by atoms with van der Waals surface area (Å²) in [7, 11) is 3.45. The smallest absolute Gasteiger partial charge is 0.271 e. The Kier molecular flexibility index (Phi) is 9.11. The van der Waals surface area contributed by atoms with Crippen LogP contribution in [0.15, 0.2) is 36.9 Å². The monoisotopic (exact) mass is 467 g/mol. The second-order valence-electron chi connectivity index (χ2n) is 7.90. The van der Waals surface area contributed by atoms with Crippen LogP contribution in [-0.4, -0.2) is 65.8 Å². The number of aryl methyl sites for hydroxylation is 1. The Morgan fingerprint density at radius 1 is 1.24 bits per heavy atom. The molecular weight excluding hydrogens is 434 g/mol. The Balaban J connectivity index is 2.12. The van der Waals surface area contributed by atoms with Crippen LogP contribution in [0.5, 0.6) is 0 Å². The second kappa shape index (κ2) is 11.8. The van der Waals surface area contributed by atoms with Crippen LogP contribution in [0.25, 0.3) is 0 Å². The number of primary amides is 1. The number of amides is 3. The van der Waals surface area contributed by atoms with Gasteiger partial charge in [0.25, 0.3) is 5.91 Å². The third kappa shape index (κ3) is 6.53. The molecule has 2 rings (SSSR count). The zero-order valence-corrected chi connectivity index (χ0v) is 20.4. The van der Waals surface area contributed by atoms with Gasteiger partial charge in [-0.2, -0.15) is 0 Å². The molecule has 1 aromatic carbocycles. The lowest BCUT2D eigenvalue weighted by Crippen LogP contribution is -2.45. The average molecular weight is 468 g/mol. The molecular formula is C24H33N7O3. The summed E-state index contributed by atoms with van der Waals surface area (Å²) in [5.41, 5.74) is 7.87. The van der Waals surface area contributed by atoms with E-state index in [1.54, 1.807) is 20.9 Å². The van der Waals surface area contributed by atoms with Crippen LogP contribution in [0.1, 0.15) is 35.6 Å². The number of hydrogen-bond donors (Lipinski definition) is 3. The zero-order chi connectivity index (χ0) is 25.4. The van der Waals surface area contributed by atoms with Crippen LogP contribution in [0.3, 0.4) is 0 Å². The topological polar surface area (TPSA) is 134 Å². The molecule has 3 amide bonds. The minimum Gasteiger partial charge on any atom is -0.364 e. The maximum atomic E-state index is 12.3.